The first-order valence-electron chi connectivity index (χ1n) is 6.13. The Morgan fingerprint density at radius 2 is 2.11 bits per heavy atom. The van der Waals surface area contributed by atoms with E-state index >= 15 is 0 Å². The van der Waals surface area contributed by atoms with E-state index in [0.717, 1.165) is 24.2 Å². The van der Waals surface area contributed by atoms with E-state index in [1.54, 1.807) is 12.1 Å². The van der Waals surface area contributed by atoms with Gasteiger partial charge in [0.1, 0.15) is 5.75 Å². The van der Waals surface area contributed by atoms with Gasteiger partial charge in [-0.25, -0.2) is 5.01 Å². The lowest BCUT2D eigenvalue weighted by Gasteiger charge is -2.12. The molecule has 0 heterocycles. The third-order valence-corrected chi connectivity index (χ3v) is 2.63. The Kier molecular flexibility index (Phi) is 5.65. The SMILES string of the molecule is COc1ccc(C)cc1CCCC(=O)NN(C)C. The van der Waals surface area contributed by atoms with Gasteiger partial charge >= 0.3 is 0 Å². The summed E-state index contributed by atoms with van der Waals surface area (Å²) in [7, 11) is 5.29. The topological polar surface area (TPSA) is 41.6 Å². The van der Waals surface area contributed by atoms with Crippen molar-refractivity contribution < 1.29 is 9.53 Å². The van der Waals surface area contributed by atoms with E-state index in [1.165, 1.54) is 5.56 Å². The summed E-state index contributed by atoms with van der Waals surface area (Å²) >= 11 is 0. The van der Waals surface area contributed by atoms with Gasteiger partial charge in [-0.15, -0.1) is 0 Å². The predicted molar refractivity (Wildman–Crippen MR) is 72.5 cm³/mol. The van der Waals surface area contributed by atoms with Gasteiger partial charge in [0.25, 0.3) is 0 Å². The van der Waals surface area contributed by atoms with Crippen LogP contribution < -0.4 is 10.2 Å². The first-order valence-corrected chi connectivity index (χ1v) is 6.13. The molecule has 1 N–H and O–H groups in total. The third kappa shape index (κ3) is 4.75. The number of nitrogens with zero attached hydrogens (tertiary/aromatic N) is 1. The molecule has 0 aliphatic carbocycles. The lowest BCUT2D eigenvalue weighted by Crippen LogP contribution is -2.35. The lowest BCUT2D eigenvalue weighted by atomic mass is 10.0. The van der Waals surface area contributed by atoms with Gasteiger partial charge in [0.05, 0.1) is 7.11 Å². The van der Waals surface area contributed by atoms with Crippen LogP contribution in [0.4, 0.5) is 0 Å². The zero-order valence-electron chi connectivity index (χ0n) is 11.6. The highest BCUT2D eigenvalue weighted by Crippen LogP contribution is 2.21. The molecule has 1 amide bonds. The number of amides is 1. The molecule has 0 atom stereocenters. The Morgan fingerprint density at radius 1 is 1.39 bits per heavy atom. The number of nitrogens with one attached hydrogen (secondary N) is 1. The van der Waals surface area contributed by atoms with Gasteiger partial charge < -0.3 is 4.74 Å². The van der Waals surface area contributed by atoms with Crippen molar-refractivity contribution in [3.63, 3.8) is 0 Å². The summed E-state index contributed by atoms with van der Waals surface area (Å²) in [5, 5.41) is 1.66. The number of benzene rings is 1. The number of hydrogen-bond acceptors (Lipinski definition) is 3. The fraction of sp³-hybridized carbons (Fsp3) is 0.500. The average molecular weight is 250 g/mol. The van der Waals surface area contributed by atoms with Gasteiger partial charge in [-0.3, -0.25) is 10.2 Å². The molecule has 0 fully saturated rings. The molecule has 1 rings (SSSR count). The normalized spacial score (nSPS) is 10.5. The third-order valence-electron chi connectivity index (χ3n) is 2.63. The maximum Gasteiger partial charge on any atom is 0.234 e. The monoisotopic (exact) mass is 250 g/mol. The van der Waals surface area contributed by atoms with Crippen molar-refractivity contribution in [2.24, 2.45) is 0 Å². The van der Waals surface area contributed by atoms with Crippen molar-refractivity contribution in [3.8, 4) is 5.75 Å². The second-order valence-electron chi connectivity index (χ2n) is 4.60. The molecule has 0 aliphatic heterocycles. The van der Waals surface area contributed by atoms with Crippen LogP contribution in [0.25, 0.3) is 0 Å². The molecule has 0 unspecified atom stereocenters. The number of hydrogen-bond donors (Lipinski definition) is 1. The average Bonchev–Trinajstić information content (AvgIpc) is 2.28. The van der Waals surface area contributed by atoms with Crippen molar-refractivity contribution >= 4 is 5.91 Å². The van der Waals surface area contributed by atoms with E-state index in [-0.39, 0.29) is 5.91 Å². The number of aryl methyl sites for hydroxylation is 2. The Balaban J connectivity index is 2.48. The summed E-state index contributed by atoms with van der Waals surface area (Å²) in [6.45, 7) is 2.06. The minimum absolute atomic E-state index is 0.0478. The molecule has 1 aromatic rings. The Hall–Kier alpha value is -1.55. The second kappa shape index (κ2) is 7.01. The second-order valence-corrected chi connectivity index (χ2v) is 4.60. The Bertz CT molecular complexity index is 403. The highest BCUT2D eigenvalue weighted by molar-refractivity contribution is 5.75. The van der Waals surface area contributed by atoms with Crippen LogP contribution in [0.5, 0.6) is 5.75 Å². The number of hydrazine groups is 1. The summed E-state index contributed by atoms with van der Waals surface area (Å²) in [6.07, 6.45) is 2.19. The van der Waals surface area contributed by atoms with Gasteiger partial charge in [0, 0.05) is 20.5 Å². The van der Waals surface area contributed by atoms with Crippen LogP contribution >= 0.6 is 0 Å². The first kappa shape index (κ1) is 14.5. The van der Waals surface area contributed by atoms with Gasteiger partial charge in [-0.1, -0.05) is 17.7 Å². The molecule has 18 heavy (non-hydrogen) atoms. The smallest absolute Gasteiger partial charge is 0.234 e. The quantitative estimate of drug-likeness (QED) is 0.784. The van der Waals surface area contributed by atoms with E-state index in [1.807, 2.05) is 26.2 Å². The van der Waals surface area contributed by atoms with E-state index < -0.39 is 0 Å². The molecular weight excluding hydrogens is 228 g/mol. The van der Waals surface area contributed by atoms with Crippen molar-refractivity contribution in [3.05, 3.63) is 29.3 Å². The van der Waals surface area contributed by atoms with Crippen molar-refractivity contribution in [2.45, 2.75) is 26.2 Å². The maximum atomic E-state index is 11.5. The van der Waals surface area contributed by atoms with Crippen molar-refractivity contribution in [1.82, 2.24) is 10.4 Å². The van der Waals surface area contributed by atoms with Crippen molar-refractivity contribution in [1.29, 1.82) is 0 Å². The highest BCUT2D eigenvalue weighted by Gasteiger charge is 2.06. The van der Waals surface area contributed by atoms with Gasteiger partial charge in [-0.2, -0.15) is 0 Å². The molecule has 0 aliphatic rings. The summed E-state index contributed by atoms with van der Waals surface area (Å²) in [6, 6.07) is 6.12. The van der Waals surface area contributed by atoms with E-state index in [2.05, 4.69) is 18.4 Å². The van der Waals surface area contributed by atoms with Gasteiger partial charge in [0.2, 0.25) is 5.91 Å². The molecule has 4 nitrogen and oxygen atoms in total. The zero-order valence-corrected chi connectivity index (χ0v) is 11.6. The molecule has 100 valence electrons. The summed E-state index contributed by atoms with van der Waals surface area (Å²) in [5.74, 6) is 0.945. The molecular formula is C14H22N2O2. The largest absolute Gasteiger partial charge is 0.496 e. The van der Waals surface area contributed by atoms with Crippen LogP contribution in [0, 0.1) is 6.92 Å². The standard InChI is InChI=1S/C14H22N2O2/c1-11-8-9-13(18-4)12(10-11)6-5-7-14(17)15-16(2)3/h8-10H,5-7H2,1-4H3,(H,15,17). The van der Waals surface area contributed by atoms with Crippen LogP contribution in [0.3, 0.4) is 0 Å². The van der Waals surface area contributed by atoms with Gasteiger partial charge in [-0.05, 0) is 31.4 Å². The summed E-state index contributed by atoms with van der Waals surface area (Å²) < 4.78 is 5.31. The molecule has 0 saturated carbocycles. The number of carbonyl (C=O) groups is 1. The zero-order chi connectivity index (χ0) is 13.5. The highest BCUT2D eigenvalue weighted by atomic mass is 16.5. The summed E-state index contributed by atoms with van der Waals surface area (Å²) in [4.78, 5) is 11.5. The molecule has 0 bridgehead atoms. The fourth-order valence-corrected chi connectivity index (χ4v) is 1.85. The van der Waals surface area contributed by atoms with E-state index in [9.17, 15) is 4.79 Å². The van der Waals surface area contributed by atoms with Crippen LogP contribution in [-0.2, 0) is 11.2 Å². The number of ether oxygens (including phenoxy) is 1. The lowest BCUT2D eigenvalue weighted by molar-refractivity contribution is -0.124. The molecule has 0 aromatic heterocycles. The number of methoxy groups -OCH3 is 1. The summed E-state index contributed by atoms with van der Waals surface area (Å²) in [5.41, 5.74) is 5.11. The van der Waals surface area contributed by atoms with Crippen molar-refractivity contribution in [2.75, 3.05) is 21.2 Å². The number of carbonyl (C=O) groups excluding carboxylic acids is 1. The molecule has 0 saturated heterocycles. The van der Waals surface area contributed by atoms with Crippen LogP contribution in [-0.4, -0.2) is 32.1 Å². The van der Waals surface area contributed by atoms with E-state index in [0.29, 0.717) is 6.42 Å². The van der Waals surface area contributed by atoms with Crippen LogP contribution in [0.1, 0.15) is 24.0 Å². The molecule has 0 radical (unpaired) electrons. The molecule has 1 aromatic carbocycles. The van der Waals surface area contributed by atoms with Crippen LogP contribution in [0.2, 0.25) is 0 Å². The minimum Gasteiger partial charge on any atom is -0.496 e. The Labute approximate surface area is 109 Å². The minimum atomic E-state index is 0.0478. The predicted octanol–water partition coefficient (Wildman–Crippen LogP) is 1.92. The van der Waals surface area contributed by atoms with Gasteiger partial charge in [0.15, 0.2) is 0 Å². The first-order chi connectivity index (χ1) is 8.52. The molecule has 4 heteroatoms. The Morgan fingerprint density at radius 3 is 2.72 bits per heavy atom. The maximum absolute atomic E-state index is 11.5. The number of rotatable bonds is 6. The van der Waals surface area contributed by atoms with E-state index in [4.69, 9.17) is 4.74 Å². The fourth-order valence-electron chi connectivity index (χ4n) is 1.85. The molecule has 0 spiro atoms. The van der Waals surface area contributed by atoms with Crippen LogP contribution in [0.15, 0.2) is 18.2 Å².